The lowest BCUT2D eigenvalue weighted by atomic mass is 10.1. The van der Waals surface area contributed by atoms with Gasteiger partial charge in [0.1, 0.15) is 5.01 Å². The Balaban J connectivity index is 1.89. The number of benzene rings is 1. The molecule has 1 aromatic heterocycles. The number of ether oxygens (including phenoxy) is 1. The fraction of sp³-hybridized carbons (Fsp3) is 0.308. The van der Waals surface area contributed by atoms with Crippen LogP contribution in [0.4, 0.5) is 0 Å². The molecule has 0 spiro atoms. The molecule has 0 atom stereocenters. The highest BCUT2D eigenvalue weighted by molar-refractivity contribution is 7.09. The van der Waals surface area contributed by atoms with Crippen LogP contribution in [0.5, 0.6) is 0 Å². The third-order valence-electron chi connectivity index (χ3n) is 2.49. The standard InChI is InChI=1S/C13H16N2OS/c1-16-10-12-5-3-2-4-11(12)8-14-9-13-15-6-7-17-13/h2-7,14H,8-10H2,1H3. The molecule has 0 amide bonds. The Morgan fingerprint density at radius 1 is 1.24 bits per heavy atom. The van der Waals surface area contributed by atoms with Gasteiger partial charge in [0, 0.05) is 31.8 Å². The van der Waals surface area contributed by atoms with Gasteiger partial charge in [-0.05, 0) is 11.1 Å². The summed E-state index contributed by atoms with van der Waals surface area (Å²) >= 11 is 1.67. The molecule has 0 fully saturated rings. The van der Waals surface area contributed by atoms with Crippen LogP contribution in [0.15, 0.2) is 35.8 Å². The Kier molecular flexibility index (Phi) is 4.67. The van der Waals surface area contributed by atoms with E-state index in [0.29, 0.717) is 6.61 Å². The predicted molar refractivity (Wildman–Crippen MR) is 69.8 cm³/mol. The Morgan fingerprint density at radius 2 is 2.06 bits per heavy atom. The molecular formula is C13H16N2OS. The lowest BCUT2D eigenvalue weighted by molar-refractivity contribution is 0.184. The third kappa shape index (κ3) is 3.63. The van der Waals surface area contributed by atoms with Crippen molar-refractivity contribution in [2.75, 3.05) is 7.11 Å². The highest BCUT2D eigenvalue weighted by Crippen LogP contribution is 2.10. The Labute approximate surface area is 105 Å². The molecule has 0 saturated heterocycles. The summed E-state index contributed by atoms with van der Waals surface area (Å²) in [5.74, 6) is 0. The fourth-order valence-corrected chi connectivity index (χ4v) is 2.26. The van der Waals surface area contributed by atoms with Gasteiger partial charge in [0.2, 0.25) is 0 Å². The monoisotopic (exact) mass is 248 g/mol. The molecule has 1 N–H and O–H groups in total. The van der Waals surface area contributed by atoms with Crippen LogP contribution in [-0.4, -0.2) is 12.1 Å². The second-order valence-electron chi connectivity index (χ2n) is 3.73. The van der Waals surface area contributed by atoms with E-state index in [1.807, 2.05) is 17.6 Å². The summed E-state index contributed by atoms with van der Waals surface area (Å²) in [6.07, 6.45) is 1.83. The zero-order valence-corrected chi connectivity index (χ0v) is 10.7. The van der Waals surface area contributed by atoms with E-state index in [-0.39, 0.29) is 0 Å². The molecule has 0 aliphatic rings. The van der Waals surface area contributed by atoms with Crippen LogP contribution in [0.25, 0.3) is 0 Å². The van der Waals surface area contributed by atoms with Crippen LogP contribution in [0, 0.1) is 0 Å². The van der Waals surface area contributed by atoms with Gasteiger partial charge in [-0.3, -0.25) is 0 Å². The van der Waals surface area contributed by atoms with Crippen molar-refractivity contribution in [2.24, 2.45) is 0 Å². The van der Waals surface area contributed by atoms with Crippen molar-refractivity contribution in [3.8, 4) is 0 Å². The first-order chi connectivity index (χ1) is 8.40. The molecule has 17 heavy (non-hydrogen) atoms. The lowest BCUT2D eigenvalue weighted by Crippen LogP contribution is -2.14. The molecule has 0 aliphatic carbocycles. The first-order valence-electron chi connectivity index (χ1n) is 5.55. The minimum atomic E-state index is 0.662. The molecule has 2 rings (SSSR count). The van der Waals surface area contributed by atoms with Crippen LogP contribution in [0.3, 0.4) is 0 Å². The van der Waals surface area contributed by atoms with Gasteiger partial charge in [-0.1, -0.05) is 24.3 Å². The van der Waals surface area contributed by atoms with Gasteiger partial charge in [-0.2, -0.15) is 0 Å². The molecule has 0 unspecified atom stereocenters. The summed E-state index contributed by atoms with van der Waals surface area (Å²) in [5, 5.41) is 6.51. The second-order valence-corrected chi connectivity index (χ2v) is 4.71. The molecule has 0 aliphatic heterocycles. The molecule has 4 heteroatoms. The highest BCUT2D eigenvalue weighted by Gasteiger charge is 2.01. The number of nitrogens with one attached hydrogen (secondary N) is 1. The van der Waals surface area contributed by atoms with Crippen LogP contribution >= 0.6 is 11.3 Å². The number of aromatic nitrogens is 1. The van der Waals surface area contributed by atoms with E-state index in [4.69, 9.17) is 4.74 Å². The first kappa shape index (κ1) is 12.2. The molecule has 2 aromatic rings. The number of nitrogens with zero attached hydrogens (tertiary/aromatic N) is 1. The zero-order chi connectivity index (χ0) is 11.9. The predicted octanol–water partition coefficient (Wildman–Crippen LogP) is 2.58. The average Bonchev–Trinajstić information content (AvgIpc) is 2.85. The van der Waals surface area contributed by atoms with Crippen molar-refractivity contribution >= 4 is 11.3 Å². The largest absolute Gasteiger partial charge is 0.380 e. The highest BCUT2D eigenvalue weighted by atomic mass is 32.1. The summed E-state index contributed by atoms with van der Waals surface area (Å²) in [6.45, 7) is 2.33. The maximum absolute atomic E-state index is 5.18. The van der Waals surface area contributed by atoms with E-state index >= 15 is 0 Å². The van der Waals surface area contributed by atoms with Gasteiger partial charge in [-0.15, -0.1) is 11.3 Å². The van der Waals surface area contributed by atoms with Gasteiger partial charge in [0.05, 0.1) is 6.61 Å². The van der Waals surface area contributed by atoms with Crippen molar-refractivity contribution in [3.05, 3.63) is 52.0 Å². The average molecular weight is 248 g/mol. The number of rotatable bonds is 6. The van der Waals surface area contributed by atoms with Gasteiger partial charge in [0.25, 0.3) is 0 Å². The zero-order valence-electron chi connectivity index (χ0n) is 9.85. The van der Waals surface area contributed by atoms with Crippen LogP contribution in [-0.2, 0) is 24.4 Å². The second kappa shape index (κ2) is 6.49. The number of hydrogen-bond acceptors (Lipinski definition) is 4. The molecule has 0 saturated carbocycles. The first-order valence-corrected chi connectivity index (χ1v) is 6.43. The molecule has 1 aromatic carbocycles. The van der Waals surface area contributed by atoms with E-state index in [2.05, 4.69) is 28.5 Å². The molecular weight excluding hydrogens is 232 g/mol. The summed E-state index contributed by atoms with van der Waals surface area (Å²) in [6, 6.07) is 8.32. The minimum Gasteiger partial charge on any atom is -0.380 e. The Morgan fingerprint density at radius 3 is 2.76 bits per heavy atom. The van der Waals surface area contributed by atoms with Gasteiger partial charge in [0.15, 0.2) is 0 Å². The Bertz CT molecular complexity index is 442. The smallest absolute Gasteiger partial charge is 0.106 e. The van der Waals surface area contributed by atoms with Gasteiger partial charge >= 0.3 is 0 Å². The van der Waals surface area contributed by atoms with Crippen LogP contribution in [0.1, 0.15) is 16.1 Å². The summed E-state index contributed by atoms with van der Waals surface area (Å²) in [7, 11) is 1.72. The number of hydrogen-bond donors (Lipinski definition) is 1. The third-order valence-corrected chi connectivity index (χ3v) is 3.27. The maximum Gasteiger partial charge on any atom is 0.106 e. The normalized spacial score (nSPS) is 10.6. The van der Waals surface area contributed by atoms with Crippen molar-refractivity contribution in [1.82, 2.24) is 10.3 Å². The summed E-state index contributed by atoms with van der Waals surface area (Å²) < 4.78 is 5.18. The fourth-order valence-electron chi connectivity index (χ4n) is 1.67. The van der Waals surface area contributed by atoms with Gasteiger partial charge < -0.3 is 10.1 Å². The Hall–Kier alpha value is -1.23. The minimum absolute atomic E-state index is 0.662. The van der Waals surface area contributed by atoms with Crippen LogP contribution in [0.2, 0.25) is 0 Å². The van der Waals surface area contributed by atoms with E-state index in [0.717, 1.165) is 18.1 Å². The van der Waals surface area contributed by atoms with Crippen molar-refractivity contribution < 1.29 is 4.74 Å². The van der Waals surface area contributed by atoms with Crippen molar-refractivity contribution in [2.45, 2.75) is 19.7 Å². The van der Waals surface area contributed by atoms with Gasteiger partial charge in [-0.25, -0.2) is 4.98 Å². The number of thiazole rings is 1. The summed E-state index contributed by atoms with van der Waals surface area (Å²) in [5.41, 5.74) is 2.52. The van der Waals surface area contributed by atoms with E-state index < -0.39 is 0 Å². The molecule has 3 nitrogen and oxygen atoms in total. The molecule has 1 heterocycles. The topological polar surface area (TPSA) is 34.1 Å². The molecule has 0 radical (unpaired) electrons. The lowest BCUT2D eigenvalue weighted by Gasteiger charge is -2.09. The molecule has 0 bridgehead atoms. The van der Waals surface area contributed by atoms with Crippen LogP contribution < -0.4 is 5.32 Å². The van der Waals surface area contributed by atoms with E-state index in [9.17, 15) is 0 Å². The SMILES string of the molecule is COCc1ccccc1CNCc1nccs1. The van der Waals surface area contributed by atoms with Crippen molar-refractivity contribution in [1.29, 1.82) is 0 Å². The van der Waals surface area contributed by atoms with Crippen molar-refractivity contribution in [3.63, 3.8) is 0 Å². The number of methoxy groups -OCH3 is 1. The molecule has 90 valence electrons. The summed E-state index contributed by atoms with van der Waals surface area (Å²) in [4.78, 5) is 4.24. The quantitative estimate of drug-likeness (QED) is 0.853. The van der Waals surface area contributed by atoms with E-state index in [1.54, 1.807) is 18.4 Å². The van der Waals surface area contributed by atoms with E-state index in [1.165, 1.54) is 11.1 Å². The maximum atomic E-state index is 5.18.